The second-order valence-corrected chi connectivity index (χ2v) is 3.16. The molecule has 11 heavy (non-hydrogen) atoms. The molecule has 0 aromatic carbocycles. The Labute approximate surface area is 69.1 Å². The van der Waals surface area contributed by atoms with Crippen molar-refractivity contribution < 1.29 is 0 Å². The van der Waals surface area contributed by atoms with Gasteiger partial charge in [0.05, 0.1) is 0 Å². The lowest BCUT2D eigenvalue weighted by atomic mass is 10.3. The minimum absolute atomic E-state index is 0.806. The molecule has 0 unspecified atom stereocenters. The third kappa shape index (κ3) is 3.04. The molecule has 0 amide bonds. The van der Waals surface area contributed by atoms with Crippen molar-refractivity contribution in [2.24, 2.45) is 5.73 Å². The molecule has 1 aliphatic rings. The molecule has 1 aliphatic carbocycles. The Morgan fingerprint density at radius 3 is 2.73 bits per heavy atom. The summed E-state index contributed by atoms with van der Waals surface area (Å²) in [6.45, 7) is 6.73. The van der Waals surface area contributed by atoms with Crippen LogP contribution in [0.3, 0.4) is 0 Å². The van der Waals surface area contributed by atoms with Crippen LogP contribution in [0.15, 0.2) is 12.7 Å². The van der Waals surface area contributed by atoms with Crippen molar-refractivity contribution in [2.75, 3.05) is 19.6 Å². The Balaban J connectivity index is 2.15. The smallest absolute Gasteiger partial charge is 0.0163 e. The number of nitrogens with zero attached hydrogens (tertiary/aromatic N) is 1. The Morgan fingerprint density at radius 2 is 2.27 bits per heavy atom. The zero-order valence-corrected chi connectivity index (χ0v) is 7.13. The van der Waals surface area contributed by atoms with Gasteiger partial charge >= 0.3 is 0 Å². The van der Waals surface area contributed by atoms with Crippen LogP contribution in [0.2, 0.25) is 0 Å². The molecule has 0 saturated heterocycles. The van der Waals surface area contributed by atoms with E-state index in [1.54, 1.807) is 0 Å². The van der Waals surface area contributed by atoms with E-state index in [9.17, 15) is 0 Å². The third-order valence-electron chi connectivity index (χ3n) is 2.08. The van der Waals surface area contributed by atoms with Crippen LogP contribution in [0.4, 0.5) is 0 Å². The van der Waals surface area contributed by atoms with E-state index in [1.807, 2.05) is 6.08 Å². The average Bonchev–Trinajstić information content (AvgIpc) is 2.80. The number of rotatable bonds is 6. The second-order valence-electron chi connectivity index (χ2n) is 3.16. The van der Waals surface area contributed by atoms with E-state index in [1.165, 1.54) is 12.8 Å². The van der Waals surface area contributed by atoms with Gasteiger partial charge in [-0.3, -0.25) is 4.90 Å². The minimum Gasteiger partial charge on any atom is -0.330 e. The van der Waals surface area contributed by atoms with Crippen LogP contribution in [0.5, 0.6) is 0 Å². The van der Waals surface area contributed by atoms with E-state index in [0.717, 1.165) is 32.1 Å². The second kappa shape index (κ2) is 4.52. The SMILES string of the molecule is C=CCN(CCCN)C1CC1. The van der Waals surface area contributed by atoms with Crippen LogP contribution in [0.1, 0.15) is 19.3 Å². The first-order valence-corrected chi connectivity index (χ1v) is 4.43. The summed E-state index contributed by atoms with van der Waals surface area (Å²) in [6, 6.07) is 0.847. The van der Waals surface area contributed by atoms with Crippen molar-refractivity contribution in [2.45, 2.75) is 25.3 Å². The van der Waals surface area contributed by atoms with Gasteiger partial charge in [-0.2, -0.15) is 0 Å². The molecule has 64 valence electrons. The van der Waals surface area contributed by atoms with Crippen LogP contribution >= 0.6 is 0 Å². The lowest BCUT2D eigenvalue weighted by Gasteiger charge is -2.19. The van der Waals surface area contributed by atoms with Gasteiger partial charge in [0.15, 0.2) is 0 Å². The van der Waals surface area contributed by atoms with Crippen molar-refractivity contribution in [1.29, 1.82) is 0 Å². The Bertz CT molecular complexity index is 119. The van der Waals surface area contributed by atoms with Gasteiger partial charge in [0.1, 0.15) is 0 Å². The lowest BCUT2D eigenvalue weighted by molar-refractivity contribution is 0.290. The third-order valence-corrected chi connectivity index (χ3v) is 2.08. The molecule has 2 N–H and O–H groups in total. The largest absolute Gasteiger partial charge is 0.330 e. The van der Waals surface area contributed by atoms with Crippen LogP contribution in [-0.2, 0) is 0 Å². The van der Waals surface area contributed by atoms with E-state index in [-0.39, 0.29) is 0 Å². The van der Waals surface area contributed by atoms with Gasteiger partial charge in [-0.1, -0.05) is 6.08 Å². The fraction of sp³-hybridized carbons (Fsp3) is 0.778. The van der Waals surface area contributed by atoms with Gasteiger partial charge in [-0.05, 0) is 32.4 Å². The van der Waals surface area contributed by atoms with E-state index >= 15 is 0 Å². The fourth-order valence-electron chi connectivity index (χ4n) is 1.32. The summed E-state index contributed by atoms with van der Waals surface area (Å²) in [5, 5.41) is 0. The number of hydrogen-bond acceptors (Lipinski definition) is 2. The van der Waals surface area contributed by atoms with Crippen molar-refractivity contribution in [3.05, 3.63) is 12.7 Å². The molecule has 2 heteroatoms. The van der Waals surface area contributed by atoms with Gasteiger partial charge in [-0.25, -0.2) is 0 Å². The van der Waals surface area contributed by atoms with Gasteiger partial charge in [0.2, 0.25) is 0 Å². The maximum absolute atomic E-state index is 5.44. The van der Waals surface area contributed by atoms with Crippen molar-refractivity contribution in [3.63, 3.8) is 0 Å². The minimum atomic E-state index is 0.806. The topological polar surface area (TPSA) is 29.3 Å². The number of nitrogens with two attached hydrogens (primary N) is 1. The monoisotopic (exact) mass is 154 g/mol. The van der Waals surface area contributed by atoms with Crippen molar-refractivity contribution in [3.8, 4) is 0 Å². The molecule has 1 fully saturated rings. The molecule has 0 bridgehead atoms. The average molecular weight is 154 g/mol. The van der Waals surface area contributed by atoms with Gasteiger partial charge in [0.25, 0.3) is 0 Å². The predicted molar refractivity (Wildman–Crippen MR) is 48.5 cm³/mol. The summed E-state index contributed by atoms with van der Waals surface area (Å²) in [5.74, 6) is 0. The Morgan fingerprint density at radius 1 is 1.55 bits per heavy atom. The van der Waals surface area contributed by atoms with Crippen molar-refractivity contribution >= 4 is 0 Å². The summed E-state index contributed by atoms with van der Waals surface area (Å²) < 4.78 is 0. The highest BCUT2D eigenvalue weighted by Crippen LogP contribution is 2.26. The summed E-state index contributed by atoms with van der Waals surface area (Å²) >= 11 is 0. The first-order chi connectivity index (χ1) is 5.38. The fourth-order valence-corrected chi connectivity index (χ4v) is 1.32. The molecule has 0 aromatic rings. The standard InChI is InChI=1S/C9H18N2/c1-2-7-11(8-3-6-10)9-4-5-9/h2,9H,1,3-8,10H2. The highest BCUT2D eigenvalue weighted by Gasteiger charge is 2.27. The molecule has 0 atom stereocenters. The molecule has 0 aliphatic heterocycles. The maximum Gasteiger partial charge on any atom is 0.0163 e. The quantitative estimate of drug-likeness (QED) is 0.578. The molecule has 1 rings (SSSR count). The summed E-state index contributed by atoms with van der Waals surface area (Å²) in [7, 11) is 0. The predicted octanol–water partition coefficient (Wildman–Crippen LogP) is 0.986. The first kappa shape index (κ1) is 8.75. The molecular weight excluding hydrogens is 136 g/mol. The Hall–Kier alpha value is -0.340. The van der Waals surface area contributed by atoms with E-state index in [2.05, 4.69) is 11.5 Å². The van der Waals surface area contributed by atoms with Crippen molar-refractivity contribution in [1.82, 2.24) is 4.90 Å². The van der Waals surface area contributed by atoms with Crippen LogP contribution in [0.25, 0.3) is 0 Å². The zero-order valence-electron chi connectivity index (χ0n) is 7.13. The van der Waals surface area contributed by atoms with Crippen LogP contribution in [-0.4, -0.2) is 30.6 Å². The van der Waals surface area contributed by atoms with Crippen LogP contribution in [0, 0.1) is 0 Å². The molecule has 1 saturated carbocycles. The Kier molecular flexibility index (Phi) is 3.60. The zero-order chi connectivity index (χ0) is 8.10. The lowest BCUT2D eigenvalue weighted by Crippen LogP contribution is -2.28. The first-order valence-electron chi connectivity index (χ1n) is 4.43. The normalized spacial score (nSPS) is 17.3. The van der Waals surface area contributed by atoms with Gasteiger partial charge in [0, 0.05) is 12.6 Å². The summed E-state index contributed by atoms with van der Waals surface area (Å²) in [5.41, 5.74) is 5.44. The molecule has 0 heterocycles. The molecule has 0 aromatic heterocycles. The number of hydrogen-bond donors (Lipinski definition) is 1. The molecule has 0 radical (unpaired) electrons. The van der Waals surface area contributed by atoms with Gasteiger partial charge in [-0.15, -0.1) is 6.58 Å². The van der Waals surface area contributed by atoms with Crippen LogP contribution < -0.4 is 5.73 Å². The molecule has 2 nitrogen and oxygen atoms in total. The van der Waals surface area contributed by atoms with Gasteiger partial charge < -0.3 is 5.73 Å². The highest BCUT2D eigenvalue weighted by atomic mass is 15.2. The van der Waals surface area contributed by atoms with E-state index < -0.39 is 0 Å². The molecular formula is C9H18N2. The summed E-state index contributed by atoms with van der Waals surface area (Å²) in [6.07, 6.45) is 5.84. The summed E-state index contributed by atoms with van der Waals surface area (Å²) in [4.78, 5) is 2.47. The van der Waals surface area contributed by atoms with E-state index in [0.29, 0.717) is 0 Å². The van der Waals surface area contributed by atoms with E-state index in [4.69, 9.17) is 5.73 Å². The highest BCUT2D eigenvalue weighted by molar-refractivity contribution is 4.87. The maximum atomic E-state index is 5.44. The molecule has 0 spiro atoms.